The van der Waals surface area contributed by atoms with Crippen molar-refractivity contribution in [2.24, 2.45) is 5.92 Å². The topological polar surface area (TPSA) is 128 Å². The quantitative estimate of drug-likeness (QED) is 0.422. The molecule has 4 rings (SSSR count). The number of carbonyl (C=O) groups is 2. The molecule has 2 aliphatic rings. The first kappa shape index (κ1) is 31.6. The molecule has 42 heavy (non-hydrogen) atoms. The van der Waals surface area contributed by atoms with E-state index in [1.165, 1.54) is 6.42 Å². The van der Waals surface area contributed by atoms with E-state index in [0.717, 1.165) is 31.2 Å². The number of ether oxygens (including phenoxy) is 1. The number of hydrogen-bond donors (Lipinski definition) is 3. The molecule has 1 aliphatic heterocycles. The number of aliphatic hydroxyl groups is 1. The molecule has 1 saturated carbocycles. The SMILES string of the molecule is Cc1ccc(S(=O)(=O)Nc2ccc3c(c2)CC(=O)N([C@H](C)CO)C[C@@H](C)[C@H](CN(C)C(=O)NC2CCCCC2)O3)cc1. The van der Waals surface area contributed by atoms with Crippen molar-refractivity contribution in [2.75, 3.05) is 31.5 Å². The van der Waals surface area contributed by atoms with E-state index in [9.17, 15) is 23.1 Å². The second-order valence-corrected chi connectivity index (χ2v) is 13.5. The van der Waals surface area contributed by atoms with E-state index in [4.69, 9.17) is 4.74 Å². The molecule has 0 aromatic heterocycles. The molecule has 2 aromatic rings. The average Bonchev–Trinajstić information content (AvgIpc) is 3.00. The Hall–Kier alpha value is -3.31. The monoisotopic (exact) mass is 600 g/mol. The molecule has 1 heterocycles. The molecule has 3 N–H and O–H groups in total. The van der Waals surface area contributed by atoms with Gasteiger partial charge in [0.25, 0.3) is 10.0 Å². The minimum Gasteiger partial charge on any atom is -0.488 e. The number of amides is 3. The van der Waals surface area contributed by atoms with Crippen LogP contribution in [0.2, 0.25) is 0 Å². The highest BCUT2D eigenvalue weighted by Crippen LogP contribution is 2.30. The van der Waals surface area contributed by atoms with Gasteiger partial charge in [0.1, 0.15) is 11.9 Å². The molecule has 0 saturated heterocycles. The number of fused-ring (bicyclic) bond motifs is 1. The molecule has 1 fully saturated rings. The summed E-state index contributed by atoms with van der Waals surface area (Å²) in [7, 11) is -2.11. The summed E-state index contributed by atoms with van der Waals surface area (Å²) >= 11 is 0. The van der Waals surface area contributed by atoms with Crippen molar-refractivity contribution in [3.8, 4) is 5.75 Å². The van der Waals surface area contributed by atoms with Gasteiger partial charge in [0.2, 0.25) is 5.91 Å². The number of anilines is 1. The number of likely N-dealkylation sites (N-methyl/N-ethyl adjacent to an activating group) is 1. The van der Waals surface area contributed by atoms with Gasteiger partial charge in [-0.1, -0.05) is 43.9 Å². The summed E-state index contributed by atoms with van der Waals surface area (Å²) in [5.74, 6) is 0.0902. The standard InChI is InChI=1S/C31H44N4O6S/c1-21-10-13-27(14-11-21)42(39,40)33-26-12-15-28-24(16-26)17-30(37)35(23(3)20-36)18-22(2)29(41-28)19-34(4)31(38)32-25-8-6-5-7-9-25/h10-16,22-23,25,29,33,36H,5-9,17-20H2,1-4H3,(H,32,38)/t22-,23-,29+/m1/s1. The van der Waals surface area contributed by atoms with E-state index in [1.807, 2.05) is 13.8 Å². The fourth-order valence-corrected chi connectivity index (χ4v) is 6.58. The zero-order valence-corrected chi connectivity index (χ0v) is 25.8. The molecule has 1 aliphatic carbocycles. The van der Waals surface area contributed by atoms with Crippen molar-refractivity contribution in [2.45, 2.75) is 82.4 Å². The van der Waals surface area contributed by atoms with Crippen LogP contribution in [-0.4, -0.2) is 80.2 Å². The van der Waals surface area contributed by atoms with Gasteiger partial charge in [-0.25, -0.2) is 13.2 Å². The lowest BCUT2D eigenvalue weighted by Gasteiger charge is -2.34. The van der Waals surface area contributed by atoms with Gasteiger partial charge in [0.15, 0.2) is 0 Å². The predicted octanol–water partition coefficient (Wildman–Crippen LogP) is 3.92. The fourth-order valence-electron chi connectivity index (χ4n) is 5.53. The Balaban J connectivity index is 1.59. The van der Waals surface area contributed by atoms with Crippen molar-refractivity contribution in [1.82, 2.24) is 15.1 Å². The zero-order chi connectivity index (χ0) is 30.4. The fraction of sp³-hybridized carbons (Fsp3) is 0.548. The highest BCUT2D eigenvalue weighted by atomic mass is 32.2. The summed E-state index contributed by atoms with van der Waals surface area (Å²) in [5, 5.41) is 13.0. The lowest BCUT2D eigenvalue weighted by molar-refractivity contribution is -0.134. The number of urea groups is 1. The third kappa shape index (κ3) is 7.95. The Kier molecular flexibility index (Phi) is 10.4. The number of nitrogens with one attached hydrogen (secondary N) is 2. The van der Waals surface area contributed by atoms with Crippen molar-refractivity contribution < 1.29 is 27.9 Å². The predicted molar refractivity (Wildman–Crippen MR) is 162 cm³/mol. The number of nitrogens with zero attached hydrogens (tertiary/aromatic N) is 2. The molecule has 3 amide bonds. The first-order chi connectivity index (χ1) is 20.0. The maximum atomic E-state index is 13.5. The van der Waals surface area contributed by atoms with Gasteiger partial charge in [-0.15, -0.1) is 0 Å². The molecule has 230 valence electrons. The highest BCUT2D eigenvalue weighted by molar-refractivity contribution is 7.92. The Morgan fingerprint density at radius 1 is 1.14 bits per heavy atom. The van der Waals surface area contributed by atoms with Gasteiger partial charge >= 0.3 is 6.03 Å². The summed E-state index contributed by atoms with van der Waals surface area (Å²) in [5.41, 5.74) is 1.78. The van der Waals surface area contributed by atoms with Gasteiger partial charge in [0.05, 0.1) is 30.5 Å². The van der Waals surface area contributed by atoms with Crippen LogP contribution in [0.15, 0.2) is 47.4 Å². The lowest BCUT2D eigenvalue weighted by Crippen LogP contribution is -2.50. The van der Waals surface area contributed by atoms with Crippen LogP contribution in [0.25, 0.3) is 0 Å². The largest absolute Gasteiger partial charge is 0.488 e. The second-order valence-electron chi connectivity index (χ2n) is 11.8. The Bertz CT molecular complexity index is 1340. The highest BCUT2D eigenvalue weighted by Gasteiger charge is 2.32. The van der Waals surface area contributed by atoms with Crippen LogP contribution in [0.1, 0.15) is 57.1 Å². The summed E-state index contributed by atoms with van der Waals surface area (Å²) in [6.07, 6.45) is 4.91. The van der Waals surface area contributed by atoms with Crippen molar-refractivity contribution in [3.05, 3.63) is 53.6 Å². The van der Waals surface area contributed by atoms with Crippen LogP contribution in [0.3, 0.4) is 0 Å². The van der Waals surface area contributed by atoms with E-state index in [2.05, 4.69) is 10.0 Å². The van der Waals surface area contributed by atoms with E-state index >= 15 is 0 Å². The number of hydrogen-bond acceptors (Lipinski definition) is 6. The minimum absolute atomic E-state index is 0.0305. The number of benzene rings is 2. The molecule has 0 bridgehead atoms. The molecule has 3 atom stereocenters. The van der Waals surface area contributed by atoms with E-state index < -0.39 is 22.2 Å². The van der Waals surface area contributed by atoms with E-state index in [0.29, 0.717) is 23.5 Å². The van der Waals surface area contributed by atoms with Crippen LogP contribution in [-0.2, 0) is 21.2 Å². The number of carbonyl (C=O) groups excluding carboxylic acids is 2. The number of aliphatic hydroxyl groups excluding tert-OH is 1. The van der Waals surface area contributed by atoms with Gasteiger partial charge in [-0.2, -0.15) is 0 Å². The summed E-state index contributed by atoms with van der Waals surface area (Å²) < 4.78 is 35.2. The molecule has 0 radical (unpaired) electrons. The molecular formula is C31H44N4O6S. The minimum atomic E-state index is -3.85. The van der Waals surface area contributed by atoms with Gasteiger partial charge < -0.3 is 25.0 Å². The smallest absolute Gasteiger partial charge is 0.317 e. The molecule has 0 spiro atoms. The first-order valence-electron chi connectivity index (χ1n) is 14.8. The van der Waals surface area contributed by atoms with Crippen LogP contribution in [0.5, 0.6) is 5.75 Å². The Labute approximate surface area is 249 Å². The maximum absolute atomic E-state index is 13.5. The van der Waals surface area contributed by atoms with E-state index in [1.54, 1.807) is 66.2 Å². The van der Waals surface area contributed by atoms with Crippen molar-refractivity contribution >= 4 is 27.6 Å². The average molecular weight is 601 g/mol. The summed E-state index contributed by atoms with van der Waals surface area (Å²) in [6, 6.07) is 11.1. The van der Waals surface area contributed by atoms with Gasteiger partial charge in [0, 0.05) is 36.8 Å². The Morgan fingerprint density at radius 2 is 1.83 bits per heavy atom. The third-order valence-electron chi connectivity index (χ3n) is 8.23. The lowest BCUT2D eigenvalue weighted by atomic mass is 9.96. The van der Waals surface area contributed by atoms with Crippen molar-refractivity contribution in [1.29, 1.82) is 0 Å². The van der Waals surface area contributed by atoms with Gasteiger partial charge in [-0.05, 0) is 57.0 Å². The number of sulfonamides is 1. The first-order valence-corrected chi connectivity index (χ1v) is 16.3. The molecular weight excluding hydrogens is 556 g/mol. The van der Waals surface area contributed by atoms with Gasteiger partial charge in [-0.3, -0.25) is 9.52 Å². The molecule has 2 aromatic carbocycles. The normalized spacial score (nSPS) is 20.8. The molecule has 0 unspecified atom stereocenters. The molecule has 10 nitrogen and oxygen atoms in total. The zero-order valence-electron chi connectivity index (χ0n) is 25.0. The number of rotatable bonds is 8. The van der Waals surface area contributed by atoms with E-state index in [-0.39, 0.29) is 48.4 Å². The van der Waals surface area contributed by atoms with Crippen LogP contribution < -0.4 is 14.8 Å². The van der Waals surface area contributed by atoms with Crippen LogP contribution in [0.4, 0.5) is 10.5 Å². The number of aryl methyl sites for hydroxylation is 1. The molecule has 11 heteroatoms. The summed E-state index contributed by atoms with van der Waals surface area (Å²) in [4.78, 5) is 29.9. The summed E-state index contributed by atoms with van der Waals surface area (Å²) in [6.45, 7) is 6.07. The maximum Gasteiger partial charge on any atom is 0.317 e. The third-order valence-corrected chi connectivity index (χ3v) is 9.63. The van der Waals surface area contributed by atoms with Crippen LogP contribution >= 0.6 is 0 Å². The second kappa shape index (κ2) is 13.8. The Morgan fingerprint density at radius 3 is 2.50 bits per heavy atom. The van der Waals surface area contributed by atoms with Crippen molar-refractivity contribution in [3.63, 3.8) is 0 Å². The van der Waals surface area contributed by atoms with Crippen LogP contribution in [0, 0.1) is 12.8 Å².